The number of nitrogens with zero attached hydrogens (tertiary/aromatic N) is 4. The lowest BCUT2D eigenvalue weighted by molar-refractivity contribution is -0.385. The highest BCUT2D eigenvalue weighted by Gasteiger charge is 2.25. The van der Waals surface area contributed by atoms with Crippen molar-refractivity contribution in [1.82, 2.24) is 14.9 Å². The molecule has 0 atom stereocenters. The lowest BCUT2D eigenvalue weighted by Gasteiger charge is -2.26. The summed E-state index contributed by atoms with van der Waals surface area (Å²) in [5.41, 5.74) is 5.48. The van der Waals surface area contributed by atoms with Gasteiger partial charge in [-0.1, -0.05) is 0 Å². The average Bonchev–Trinajstić information content (AvgIpc) is 3.69. The largest absolute Gasteiger partial charge is 0.490 e. The topological polar surface area (TPSA) is 160 Å². The molecule has 1 aliphatic rings. The number of amides is 2. The van der Waals surface area contributed by atoms with E-state index in [2.05, 4.69) is 27.2 Å². The zero-order valence-electron chi connectivity index (χ0n) is 26.3. The highest BCUT2D eigenvalue weighted by atomic mass is 16.6. The van der Waals surface area contributed by atoms with Gasteiger partial charge in [0, 0.05) is 41.8 Å². The summed E-state index contributed by atoms with van der Waals surface area (Å²) in [7, 11) is 0. The number of hydrazone groups is 1. The van der Waals surface area contributed by atoms with Crippen LogP contribution in [0.5, 0.6) is 17.2 Å². The van der Waals surface area contributed by atoms with Gasteiger partial charge in [-0.05, 0) is 75.4 Å². The van der Waals surface area contributed by atoms with Gasteiger partial charge in [0.1, 0.15) is 18.1 Å². The van der Waals surface area contributed by atoms with E-state index in [9.17, 15) is 19.7 Å². The van der Waals surface area contributed by atoms with Crippen molar-refractivity contribution in [2.45, 2.75) is 27.4 Å². The number of nitro groups is 1. The predicted molar refractivity (Wildman–Crippen MR) is 171 cm³/mol. The number of furan rings is 1. The number of benzene rings is 2. The van der Waals surface area contributed by atoms with E-state index in [4.69, 9.17) is 23.4 Å². The monoisotopic (exact) mass is 645 g/mol. The van der Waals surface area contributed by atoms with E-state index in [0.717, 1.165) is 17.1 Å². The second-order valence-electron chi connectivity index (χ2n) is 10.5. The minimum atomic E-state index is -0.641. The number of aromatic nitrogens is 1. The van der Waals surface area contributed by atoms with Crippen molar-refractivity contribution in [3.8, 4) is 22.9 Å². The smallest absolute Gasteiger partial charge is 0.315 e. The quantitative estimate of drug-likeness (QED) is 0.125. The van der Waals surface area contributed by atoms with Crippen LogP contribution in [0.4, 0.5) is 5.69 Å². The molecule has 0 saturated carbocycles. The summed E-state index contributed by atoms with van der Waals surface area (Å²) in [4.78, 5) is 38.0. The first-order chi connectivity index (χ1) is 22.7. The molecule has 0 spiro atoms. The maximum atomic E-state index is 12.6. The fourth-order valence-electron chi connectivity index (χ4n) is 4.98. The second-order valence-corrected chi connectivity index (χ2v) is 10.5. The molecular weight excluding hydrogens is 610 g/mol. The van der Waals surface area contributed by atoms with E-state index in [-0.39, 0.29) is 41.9 Å². The van der Waals surface area contributed by atoms with Crippen molar-refractivity contribution >= 4 is 23.7 Å². The molecule has 1 fully saturated rings. The number of nitro benzene ring substituents is 1. The highest BCUT2D eigenvalue weighted by Crippen LogP contribution is 2.38. The Hall–Kier alpha value is -5.63. The first-order valence-corrected chi connectivity index (χ1v) is 15.0. The molecule has 0 bridgehead atoms. The molecule has 2 amide bonds. The van der Waals surface area contributed by atoms with Gasteiger partial charge in [0.15, 0.2) is 18.1 Å². The normalized spacial score (nSPS) is 13.0. The first-order valence-electron chi connectivity index (χ1n) is 15.0. The maximum Gasteiger partial charge on any atom is 0.315 e. The summed E-state index contributed by atoms with van der Waals surface area (Å²) < 4.78 is 30.0. The third-order valence-corrected chi connectivity index (χ3v) is 7.27. The van der Waals surface area contributed by atoms with Gasteiger partial charge in [0.05, 0.1) is 31.0 Å². The first kappa shape index (κ1) is 32.8. The molecule has 0 unspecified atom stereocenters. The van der Waals surface area contributed by atoms with E-state index < -0.39 is 23.1 Å². The van der Waals surface area contributed by atoms with Crippen molar-refractivity contribution in [3.63, 3.8) is 0 Å². The zero-order valence-corrected chi connectivity index (χ0v) is 26.3. The second kappa shape index (κ2) is 15.1. The summed E-state index contributed by atoms with van der Waals surface area (Å²) in [6.07, 6.45) is 1.23. The minimum Gasteiger partial charge on any atom is -0.490 e. The third-order valence-electron chi connectivity index (χ3n) is 7.27. The average molecular weight is 646 g/mol. The third kappa shape index (κ3) is 8.16. The van der Waals surface area contributed by atoms with Crippen molar-refractivity contribution in [2.24, 2.45) is 5.10 Å². The van der Waals surface area contributed by atoms with Crippen molar-refractivity contribution in [1.29, 1.82) is 0 Å². The number of hydrogen-bond donors (Lipinski definition) is 1. The predicted octanol–water partition coefficient (Wildman–Crippen LogP) is 4.57. The van der Waals surface area contributed by atoms with Crippen LogP contribution in [-0.4, -0.2) is 71.9 Å². The van der Waals surface area contributed by atoms with Gasteiger partial charge in [-0.25, -0.2) is 5.43 Å². The number of aryl methyl sites for hydroxylation is 2. The molecular formula is C33H35N5O9. The van der Waals surface area contributed by atoms with Crippen LogP contribution in [0, 0.1) is 24.0 Å². The number of nitrogens with one attached hydrogen (secondary N) is 1. The van der Waals surface area contributed by atoms with Crippen LogP contribution in [0.2, 0.25) is 0 Å². The fraction of sp³-hybridized carbons (Fsp3) is 0.303. The number of carbonyl (C=O) groups excluding carboxylic acids is 2. The van der Waals surface area contributed by atoms with E-state index in [1.54, 1.807) is 17.9 Å². The van der Waals surface area contributed by atoms with Crippen LogP contribution in [0.1, 0.15) is 40.2 Å². The molecule has 1 N–H and O–H groups in total. The van der Waals surface area contributed by atoms with Crippen LogP contribution in [0.3, 0.4) is 0 Å². The zero-order chi connectivity index (χ0) is 33.3. The van der Waals surface area contributed by atoms with Gasteiger partial charge in [-0.2, -0.15) is 5.10 Å². The Kier molecular flexibility index (Phi) is 10.5. The lowest BCUT2D eigenvalue weighted by atomic mass is 10.2. The molecule has 5 rings (SSSR count). The van der Waals surface area contributed by atoms with Crippen molar-refractivity contribution < 1.29 is 37.9 Å². The van der Waals surface area contributed by atoms with Crippen LogP contribution in [-0.2, 0) is 16.1 Å². The number of ether oxygens (including phenoxy) is 4. The van der Waals surface area contributed by atoms with E-state index >= 15 is 0 Å². The van der Waals surface area contributed by atoms with Gasteiger partial charge in [0.2, 0.25) is 5.75 Å². The highest BCUT2D eigenvalue weighted by molar-refractivity contribution is 5.92. The molecule has 4 aromatic rings. The Morgan fingerprint density at radius 1 is 1.00 bits per heavy atom. The van der Waals surface area contributed by atoms with Crippen LogP contribution >= 0.6 is 0 Å². The summed E-state index contributed by atoms with van der Waals surface area (Å²) in [6.45, 7) is 7.36. The molecule has 3 heterocycles. The fourth-order valence-corrected chi connectivity index (χ4v) is 4.98. The van der Waals surface area contributed by atoms with Gasteiger partial charge < -0.3 is 32.8 Å². The Morgan fingerprint density at radius 3 is 2.40 bits per heavy atom. The van der Waals surface area contributed by atoms with Gasteiger partial charge in [-0.3, -0.25) is 19.7 Å². The van der Waals surface area contributed by atoms with Gasteiger partial charge >= 0.3 is 11.6 Å². The molecule has 47 heavy (non-hydrogen) atoms. The molecule has 1 aliphatic heterocycles. The van der Waals surface area contributed by atoms with Gasteiger partial charge in [0.25, 0.3) is 5.91 Å². The molecule has 14 nitrogen and oxygen atoms in total. The lowest BCUT2D eigenvalue weighted by Crippen LogP contribution is -2.43. The summed E-state index contributed by atoms with van der Waals surface area (Å²) in [6, 6.07) is 17.6. The standard InChI is InChI=1S/C33H35N5O9/c1-4-44-30-18-24(17-28(38(41)42)32(30)46-21-31(39)36-13-15-43-16-14-36)19-34-35-33(40)29-12-11-27(47-29)20-45-26-9-7-25(8-10-26)37-22(2)5-6-23(37)3/h5-12,17-19H,4,13-16,20-21H2,1-3H3,(H,35,40)/b34-19+. The number of rotatable bonds is 13. The van der Waals surface area contributed by atoms with E-state index in [0.29, 0.717) is 37.8 Å². The molecule has 2 aromatic heterocycles. The summed E-state index contributed by atoms with van der Waals surface area (Å²) in [5.74, 6) is 0.0126. The summed E-state index contributed by atoms with van der Waals surface area (Å²) >= 11 is 0. The Labute approximate surface area is 270 Å². The SMILES string of the molecule is CCOc1cc(/C=N/NC(=O)c2ccc(COc3ccc(-n4c(C)ccc4C)cc3)o2)cc([N+](=O)[O-])c1OCC(=O)N1CCOCC1. The molecule has 2 aromatic carbocycles. The van der Waals surface area contributed by atoms with Crippen LogP contribution in [0.25, 0.3) is 5.69 Å². The minimum absolute atomic E-state index is 0.00400. The Balaban J connectivity index is 1.18. The Bertz CT molecular complexity index is 1730. The van der Waals surface area contributed by atoms with Crippen molar-refractivity contribution in [3.05, 3.63) is 99.2 Å². The van der Waals surface area contributed by atoms with Crippen molar-refractivity contribution in [2.75, 3.05) is 39.5 Å². The number of hydrogen-bond acceptors (Lipinski definition) is 10. The molecule has 14 heteroatoms. The van der Waals surface area contributed by atoms with Gasteiger partial charge in [-0.15, -0.1) is 0 Å². The van der Waals surface area contributed by atoms with Crippen LogP contribution < -0.4 is 19.6 Å². The number of carbonyl (C=O) groups is 2. The molecule has 0 radical (unpaired) electrons. The van der Waals surface area contributed by atoms with E-state index in [1.807, 2.05) is 38.1 Å². The molecule has 246 valence electrons. The summed E-state index contributed by atoms with van der Waals surface area (Å²) in [5, 5.41) is 15.8. The number of morpholine rings is 1. The molecule has 1 saturated heterocycles. The maximum absolute atomic E-state index is 12.6. The Morgan fingerprint density at radius 2 is 1.72 bits per heavy atom. The van der Waals surface area contributed by atoms with E-state index in [1.165, 1.54) is 24.4 Å². The van der Waals surface area contributed by atoms with Crippen LogP contribution in [0.15, 0.2) is 70.2 Å². The molecule has 0 aliphatic carbocycles.